The molecule has 1 aliphatic rings. The number of aromatic nitrogens is 3. The molecule has 19 heavy (non-hydrogen) atoms. The first-order valence-electron chi connectivity index (χ1n) is 7.14. The summed E-state index contributed by atoms with van der Waals surface area (Å²) in [6.07, 6.45) is 9.02. The fourth-order valence-electron chi connectivity index (χ4n) is 3.33. The summed E-state index contributed by atoms with van der Waals surface area (Å²) in [5, 5.41) is -0.0729. The number of fused-ring (bicyclic) bond motifs is 1. The molecule has 2 aromatic heterocycles. The molecule has 1 saturated carbocycles. The lowest BCUT2D eigenvalue weighted by Gasteiger charge is -2.24. The van der Waals surface area contributed by atoms with Gasteiger partial charge >= 0.3 is 0 Å². The van der Waals surface area contributed by atoms with Crippen molar-refractivity contribution in [1.82, 2.24) is 14.5 Å². The van der Waals surface area contributed by atoms with Gasteiger partial charge < -0.3 is 4.57 Å². The largest absolute Gasteiger partial charge is 0.324 e. The second-order valence-corrected chi connectivity index (χ2v) is 6.26. The third-order valence-electron chi connectivity index (χ3n) is 4.36. The van der Waals surface area contributed by atoms with E-state index in [1.165, 1.54) is 25.7 Å². The molecular formula is C15H20ClN3. The number of alkyl halides is 1. The highest BCUT2D eigenvalue weighted by Gasteiger charge is 2.27. The second kappa shape index (κ2) is 5.12. The minimum Gasteiger partial charge on any atom is -0.324 e. The van der Waals surface area contributed by atoms with Crippen molar-refractivity contribution in [3.05, 3.63) is 24.3 Å². The first-order valence-corrected chi connectivity index (χ1v) is 7.58. The number of hydrogen-bond acceptors (Lipinski definition) is 2. The number of rotatable bonds is 3. The molecule has 2 heterocycles. The topological polar surface area (TPSA) is 30.7 Å². The Morgan fingerprint density at radius 3 is 2.74 bits per heavy atom. The maximum atomic E-state index is 6.33. The monoisotopic (exact) mass is 277 g/mol. The van der Waals surface area contributed by atoms with Gasteiger partial charge in [0.25, 0.3) is 0 Å². The number of imidazole rings is 1. The molecule has 2 atom stereocenters. The standard InChI is InChI=1S/C15H20ClN3/c1-10(16)15-18-13-9-17-8-7-14(13)19(15)11(2)12-5-3-4-6-12/h7-12H,3-6H2,1-2H3. The van der Waals surface area contributed by atoms with Crippen LogP contribution in [0.3, 0.4) is 0 Å². The van der Waals surface area contributed by atoms with E-state index in [0.717, 1.165) is 22.8 Å². The Balaban J connectivity index is 2.11. The van der Waals surface area contributed by atoms with Crippen LogP contribution in [0.5, 0.6) is 0 Å². The van der Waals surface area contributed by atoms with Crippen LogP contribution in [0.1, 0.15) is 56.8 Å². The molecule has 0 aliphatic heterocycles. The van der Waals surface area contributed by atoms with Crippen molar-refractivity contribution in [2.24, 2.45) is 5.92 Å². The van der Waals surface area contributed by atoms with Crippen molar-refractivity contribution in [2.75, 3.05) is 0 Å². The lowest BCUT2D eigenvalue weighted by Crippen LogP contribution is -2.17. The Morgan fingerprint density at radius 2 is 2.05 bits per heavy atom. The van der Waals surface area contributed by atoms with E-state index in [2.05, 4.69) is 27.5 Å². The first kappa shape index (κ1) is 12.9. The predicted molar refractivity (Wildman–Crippen MR) is 78.5 cm³/mol. The second-order valence-electron chi connectivity index (χ2n) is 5.61. The van der Waals surface area contributed by atoms with Crippen LogP contribution in [0.25, 0.3) is 11.0 Å². The van der Waals surface area contributed by atoms with Crippen LogP contribution in [0.15, 0.2) is 18.5 Å². The summed E-state index contributed by atoms with van der Waals surface area (Å²) in [5.41, 5.74) is 2.12. The summed E-state index contributed by atoms with van der Waals surface area (Å²) >= 11 is 6.33. The molecule has 3 rings (SSSR count). The minimum absolute atomic E-state index is 0.0729. The van der Waals surface area contributed by atoms with Gasteiger partial charge in [-0.3, -0.25) is 4.98 Å². The molecule has 0 N–H and O–H groups in total. The zero-order valence-corrected chi connectivity index (χ0v) is 12.3. The van der Waals surface area contributed by atoms with Crippen LogP contribution in [-0.4, -0.2) is 14.5 Å². The van der Waals surface area contributed by atoms with Gasteiger partial charge in [0.1, 0.15) is 11.3 Å². The van der Waals surface area contributed by atoms with Crippen LogP contribution in [-0.2, 0) is 0 Å². The van der Waals surface area contributed by atoms with Gasteiger partial charge in [0.2, 0.25) is 0 Å². The first-order chi connectivity index (χ1) is 9.18. The molecule has 0 bridgehead atoms. The lowest BCUT2D eigenvalue weighted by atomic mass is 9.99. The van der Waals surface area contributed by atoms with Gasteiger partial charge in [0.05, 0.1) is 17.1 Å². The predicted octanol–water partition coefficient (Wildman–Crippen LogP) is 4.48. The third-order valence-corrected chi connectivity index (χ3v) is 4.56. The summed E-state index contributed by atoms with van der Waals surface area (Å²) < 4.78 is 2.34. The van der Waals surface area contributed by atoms with E-state index in [1.54, 1.807) is 0 Å². The van der Waals surface area contributed by atoms with Crippen molar-refractivity contribution in [2.45, 2.75) is 50.9 Å². The molecule has 102 valence electrons. The summed E-state index contributed by atoms with van der Waals surface area (Å²) in [6.45, 7) is 4.30. The third kappa shape index (κ3) is 2.25. The fraction of sp³-hybridized carbons (Fsp3) is 0.600. The van der Waals surface area contributed by atoms with Gasteiger partial charge in [-0.25, -0.2) is 4.98 Å². The molecule has 0 aromatic carbocycles. The van der Waals surface area contributed by atoms with Crippen LogP contribution < -0.4 is 0 Å². The highest BCUT2D eigenvalue weighted by molar-refractivity contribution is 6.20. The Kier molecular flexibility index (Phi) is 3.48. The van der Waals surface area contributed by atoms with E-state index >= 15 is 0 Å². The number of nitrogens with zero attached hydrogens (tertiary/aromatic N) is 3. The fourth-order valence-corrected chi connectivity index (χ4v) is 3.48. The van der Waals surface area contributed by atoms with Gasteiger partial charge in [-0.1, -0.05) is 12.8 Å². The minimum atomic E-state index is -0.0729. The Bertz CT molecular complexity index is 570. The Labute approximate surface area is 119 Å². The van der Waals surface area contributed by atoms with Gasteiger partial charge in [0, 0.05) is 12.2 Å². The van der Waals surface area contributed by atoms with Crippen LogP contribution in [0.2, 0.25) is 0 Å². The van der Waals surface area contributed by atoms with Gasteiger partial charge in [-0.15, -0.1) is 11.6 Å². The molecule has 0 spiro atoms. The Hall–Kier alpha value is -1.09. The molecular weight excluding hydrogens is 258 g/mol. The van der Waals surface area contributed by atoms with Gasteiger partial charge in [-0.05, 0) is 38.7 Å². The van der Waals surface area contributed by atoms with Crippen molar-refractivity contribution in [1.29, 1.82) is 0 Å². The van der Waals surface area contributed by atoms with E-state index in [-0.39, 0.29) is 5.38 Å². The quantitative estimate of drug-likeness (QED) is 0.774. The van der Waals surface area contributed by atoms with Crippen molar-refractivity contribution < 1.29 is 0 Å². The molecule has 0 amide bonds. The highest BCUT2D eigenvalue weighted by Crippen LogP contribution is 2.37. The average molecular weight is 278 g/mol. The number of hydrogen-bond donors (Lipinski definition) is 0. The highest BCUT2D eigenvalue weighted by atomic mass is 35.5. The molecule has 1 fully saturated rings. The molecule has 2 unspecified atom stereocenters. The maximum absolute atomic E-state index is 6.33. The van der Waals surface area contributed by atoms with E-state index in [0.29, 0.717) is 6.04 Å². The molecule has 2 aromatic rings. The Morgan fingerprint density at radius 1 is 1.32 bits per heavy atom. The van der Waals surface area contributed by atoms with E-state index in [1.807, 2.05) is 19.3 Å². The van der Waals surface area contributed by atoms with Crippen LogP contribution in [0, 0.1) is 5.92 Å². The summed E-state index contributed by atoms with van der Waals surface area (Å²) in [5.74, 6) is 1.73. The van der Waals surface area contributed by atoms with E-state index in [4.69, 9.17) is 11.6 Å². The zero-order chi connectivity index (χ0) is 13.4. The van der Waals surface area contributed by atoms with Crippen molar-refractivity contribution in [3.63, 3.8) is 0 Å². The zero-order valence-electron chi connectivity index (χ0n) is 11.5. The maximum Gasteiger partial charge on any atom is 0.128 e. The number of halogens is 1. The summed E-state index contributed by atoms with van der Waals surface area (Å²) in [6, 6.07) is 2.52. The summed E-state index contributed by atoms with van der Waals surface area (Å²) in [7, 11) is 0. The molecule has 0 radical (unpaired) electrons. The van der Waals surface area contributed by atoms with Crippen molar-refractivity contribution >= 4 is 22.6 Å². The lowest BCUT2D eigenvalue weighted by molar-refractivity contribution is 0.359. The van der Waals surface area contributed by atoms with Gasteiger partial charge in [-0.2, -0.15) is 0 Å². The molecule has 4 heteroatoms. The number of pyridine rings is 1. The average Bonchev–Trinajstić information content (AvgIpc) is 3.05. The van der Waals surface area contributed by atoms with Crippen molar-refractivity contribution in [3.8, 4) is 0 Å². The SMILES string of the molecule is CC(Cl)c1nc2cnccc2n1C(C)C1CCCC1. The van der Waals surface area contributed by atoms with Crippen LogP contribution in [0.4, 0.5) is 0 Å². The summed E-state index contributed by atoms with van der Waals surface area (Å²) in [4.78, 5) is 8.84. The molecule has 0 saturated heterocycles. The molecule has 3 nitrogen and oxygen atoms in total. The van der Waals surface area contributed by atoms with E-state index < -0.39 is 0 Å². The van der Waals surface area contributed by atoms with Crippen LogP contribution >= 0.6 is 11.6 Å². The normalized spacial score (nSPS) is 19.9. The molecule has 1 aliphatic carbocycles. The van der Waals surface area contributed by atoms with Gasteiger partial charge in [0.15, 0.2) is 0 Å². The smallest absolute Gasteiger partial charge is 0.128 e. The van der Waals surface area contributed by atoms with E-state index in [9.17, 15) is 0 Å².